The summed E-state index contributed by atoms with van der Waals surface area (Å²) < 4.78 is 0. The van der Waals surface area contributed by atoms with Gasteiger partial charge < -0.3 is 10.2 Å². The molecule has 0 aromatic carbocycles. The zero-order chi connectivity index (χ0) is 11.7. The fraction of sp³-hybridized carbons (Fsp3) is 0.400. The number of rotatable bonds is 2. The standard InChI is InChI=1S/2C5H8O2.Cr/c2*1-4(6)3-5(2)7;/h2*3,6H,1-2H3;/q;;+2/p-2/b2*4-3-;. The van der Waals surface area contributed by atoms with E-state index >= 15 is 0 Å². The van der Waals surface area contributed by atoms with E-state index in [1.807, 2.05) is 0 Å². The van der Waals surface area contributed by atoms with Gasteiger partial charge in [0.2, 0.25) is 0 Å². The van der Waals surface area contributed by atoms with E-state index in [2.05, 4.69) is 0 Å². The second-order valence-electron chi connectivity index (χ2n) is 2.73. The van der Waals surface area contributed by atoms with Crippen molar-refractivity contribution in [3.8, 4) is 0 Å². The fourth-order valence-corrected chi connectivity index (χ4v) is 0.572. The quantitative estimate of drug-likeness (QED) is 0.496. The van der Waals surface area contributed by atoms with Gasteiger partial charge in [-0.3, -0.25) is 9.59 Å². The van der Waals surface area contributed by atoms with E-state index in [-0.39, 0.29) is 40.4 Å². The summed E-state index contributed by atoms with van der Waals surface area (Å²) in [6.07, 6.45) is 2.11. The van der Waals surface area contributed by atoms with Crippen LogP contribution in [0, 0.1) is 0 Å². The van der Waals surface area contributed by atoms with Crippen molar-refractivity contribution in [2.24, 2.45) is 0 Å². The number of hydrogen-bond donors (Lipinski definition) is 0. The van der Waals surface area contributed by atoms with Crippen LogP contribution in [0.15, 0.2) is 23.7 Å². The maximum Gasteiger partial charge on any atom is 2.00 e. The van der Waals surface area contributed by atoms with Crippen molar-refractivity contribution in [3.05, 3.63) is 23.7 Å². The molecule has 15 heavy (non-hydrogen) atoms. The third kappa shape index (κ3) is 32.1. The first-order valence-corrected chi connectivity index (χ1v) is 3.97. The molecule has 0 N–H and O–H groups in total. The Labute approximate surface area is 100 Å². The third-order valence-electron chi connectivity index (χ3n) is 0.813. The molecule has 0 aliphatic carbocycles. The van der Waals surface area contributed by atoms with Crippen molar-refractivity contribution < 1.29 is 37.2 Å². The maximum absolute atomic E-state index is 9.98. The normalized spacial score (nSPS) is 10.7. The van der Waals surface area contributed by atoms with Crippen molar-refractivity contribution in [2.45, 2.75) is 27.7 Å². The SMILES string of the molecule is CC(=O)/C=C(/C)[O-].CC(=O)/C=C(/C)[O-].[Cr+2]. The van der Waals surface area contributed by atoms with Crippen molar-refractivity contribution in [2.75, 3.05) is 0 Å². The molecule has 84 valence electrons. The zero-order valence-electron chi connectivity index (χ0n) is 9.20. The summed E-state index contributed by atoms with van der Waals surface area (Å²) in [4.78, 5) is 20.0. The first kappa shape index (κ1) is 19.5. The zero-order valence-corrected chi connectivity index (χ0v) is 10.5. The predicted molar refractivity (Wildman–Crippen MR) is 48.9 cm³/mol. The number of carbonyl (C=O) groups is 2. The van der Waals surface area contributed by atoms with Crippen LogP contribution < -0.4 is 10.2 Å². The van der Waals surface area contributed by atoms with E-state index < -0.39 is 0 Å². The maximum atomic E-state index is 9.98. The fourth-order valence-electron chi connectivity index (χ4n) is 0.572. The van der Waals surface area contributed by atoms with Gasteiger partial charge in [0.25, 0.3) is 0 Å². The minimum absolute atomic E-state index is 0. The van der Waals surface area contributed by atoms with E-state index in [0.717, 1.165) is 12.2 Å². The van der Waals surface area contributed by atoms with Crippen LogP contribution in [0.4, 0.5) is 0 Å². The third-order valence-corrected chi connectivity index (χ3v) is 0.813. The summed E-state index contributed by atoms with van der Waals surface area (Å²) in [5.41, 5.74) is 0. The van der Waals surface area contributed by atoms with Gasteiger partial charge in [0, 0.05) is 0 Å². The Morgan fingerprint density at radius 2 is 1.00 bits per heavy atom. The summed E-state index contributed by atoms with van der Waals surface area (Å²) in [5.74, 6) is -0.750. The number of hydrogen-bond acceptors (Lipinski definition) is 4. The van der Waals surface area contributed by atoms with Crippen LogP contribution in [-0.4, -0.2) is 11.6 Å². The molecule has 0 radical (unpaired) electrons. The van der Waals surface area contributed by atoms with Gasteiger partial charge in [0.15, 0.2) is 11.6 Å². The van der Waals surface area contributed by atoms with Gasteiger partial charge in [0.05, 0.1) is 0 Å². The smallest absolute Gasteiger partial charge is 0.876 e. The van der Waals surface area contributed by atoms with E-state index in [4.69, 9.17) is 0 Å². The number of allylic oxidation sites excluding steroid dienone is 4. The van der Waals surface area contributed by atoms with Gasteiger partial charge in [-0.05, 0) is 26.0 Å². The van der Waals surface area contributed by atoms with Crippen molar-refractivity contribution in [1.82, 2.24) is 0 Å². The Morgan fingerprint density at radius 3 is 1.00 bits per heavy atom. The molecule has 4 nitrogen and oxygen atoms in total. The van der Waals surface area contributed by atoms with Crippen LogP contribution in [-0.2, 0) is 27.0 Å². The molecule has 0 saturated heterocycles. The van der Waals surface area contributed by atoms with E-state index in [1.54, 1.807) is 0 Å². The Hall–Kier alpha value is -1.05. The molecule has 0 fully saturated rings. The second-order valence-corrected chi connectivity index (χ2v) is 2.73. The summed E-state index contributed by atoms with van der Waals surface area (Å²) in [5, 5.41) is 20.0. The minimum Gasteiger partial charge on any atom is -0.876 e. The predicted octanol–water partition coefficient (Wildman–Crippen LogP) is -0.324. The Kier molecular flexibility index (Phi) is 14.3. The van der Waals surface area contributed by atoms with Gasteiger partial charge in [-0.15, -0.1) is 11.5 Å². The molecule has 0 aliphatic rings. The molecule has 0 heterocycles. The first-order chi connectivity index (χ1) is 6.25. The Bertz CT molecular complexity index is 231. The van der Waals surface area contributed by atoms with Crippen LogP contribution in [0.3, 0.4) is 0 Å². The topological polar surface area (TPSA) is 80.3 Å². The summed E-state index contributed by atoms with van der Waals surface area (Å²) in [7, 11) is 0. The molecule has 0 amide bonds. The molecular weight excluding hydrogens is 236 g/mol. The van der Waals surface area contributed by atoms with Crippen LogP contribution in [0.1, 0.15) is 27.7 Å². The van der Waals surface area contributed by atoms with Gasteiger partial charge in [-0.25, -0.2) is 0 Å². The molecule has 0 aromatic heterocycles. The van der Waals surface area contributed by atoms with Gasteiger partial charge >= 0.3 is 17.4 Å². The van der Waals surface area contributed by atoms with Gasteiger partial charge in [-0.2, -0.15) is 0 Å². The summed E-state index contributed by atoms with van der Waals surface area (Å²) in [6, 6.07) is 0. The molecular formula is C10H14CrO4. The molecule has 0 aromatic rings. The van der Waals surface area contributed by atoms with Crippen LogP contribution in [0.2, 0.25) is 0 Å². The van der Waals surface area contributed by atoms with Gasteiger partial charge in [0.1, 0.15) is 0 Å². The summed E-state index contributed by atoms with van der Waals surface area (Å²) >= 11 is 0. The number of carbonyl (C=O) groups excluding carboxylic acids is 2. The Balaban J connectivity index is -0.000000180. The van der Waals surface area contributed by atoms with Crippen molar-refractivity contribution in [3.63, 3.8) is 0 Å². The molecule has 0 rings (SSSR count). The van der Waals surface area contributed by atoms with E-state index in [9.17, 15) is 19.8 Å². The average Bonchev–Trinajstić information content (AvgIpc) is 1.79. The molecule has 0 unspecified atom stereocenters. The molecule has 0 atom stereocenters. The molecule has 5 heteroatoms. The minimum atomic E-state index is -0.187. The number of ketones is 2. The van der Waals surface area contributed by atoms with E-state index in [1.165, 1.54) is 27.7 Å². The average molecular weight is 250 g/mol. The van der Waals surface area contributed by atoms with Crippen LogP contribution >= 0.6 is 0 Å². The monoisotopic (exact) mass is 250 g/mol. The van der Waals surface area contributed by atoms with E-state index in [0.29, 0.717) is 0 Å². The second kappa shape index (κ2) is 11.0. The van der Waals surface area contributed by atoms with Crippen molar-refractivity contribution >= 4 is 11.6 Å². The largest absolute Gasteiger partial charge is 2.00 e. The molecule has 0 bridgehead atoms. The van der Waals surface area contributed by atoms with Crippen molar-refractivity contribution in [1.29, 1.82) is 0 Å². The molecule has 0 aliphatic heterocycles. The van der Waals surface area contributed by atoms with Crippen LogP contribution in [0.25, 0.3) is 0 Å². The van der Waals surface area contributed by atoms with Crippen LogP contribution in [0.5, 0.6) is 0 Å². The summed E-state index contributed by atoms with van der Waals surface area (Å²) in [6.45, 7) is 5.39. The first-order valence-electron chi connectivity index (χ1n) is 3.97. The Morgan fingerprint density at radius 1 is 0.800 bits per heavy atom. The molecule has 0 spiro atoms. The van der Waals surface area contributed by atoms with Gasteiger partial charge in [-0.1, -0.05) is 13.8 Å². The molecule has 0 saturated carbocycles.